The van der Waals surface area contributed by atoms with Crippen molar-refractivity contribution in [3.05, 3.63) is 35.9 Å². The average molecular weight is 246 g/mol. The van der Waals surface area contributed by atoms with Crippen LogP contribution in [0.3, 0.4) is 0 Å². The lowest BCUT2D eigenvalue weighted by atomic mass is 9.90. The Hall–Kier alpha value is -0.860. The van der Waals surface area contributed by atoms with Gasteiger partial charge in [0.25, 0.3) is 0 Å². The molecule has 1 atom stereocenters. The number of likely N-dealkylation sites (tertiary alicyclic amines) is 1. The molecule has 0 amide bonds. The van der Waals surface area contributed by atoms with Gasteiger partial charge in [0.1, 0.15) is 0 Å². The summed E-state index contributed by atoms with van der Waals surface area (Å²) >= 11 is 0. The molecule has 1 saturated heterocycles. The first-order valence-electron chi connectivity index (χ1n) is 7.21. The van der Waals surface area contributed by atoms with Gasteiger partial charge in [-0.05, 0) is 57.8 Å². The lowest BCUT2D eigenvalue weighted by Gasteiger charge is -2.33. The Morgan fingerprint density at radius 2 is 1.89 bits per heavy atom. The van der Waals surface area contributed by atoms with Gasteiger partial charge in [-0.3, -0.25) is 4.90 Å². The first kappa shape index (κ1) is 13.6. The highest BCUT2D eigenvalue weighted by Gasteiger charge is 2.20. The highest BCUT2D eigenvalue weighted by Crippen LogP contribution is 2.22. The molecule has 2 heteroatoms. The SMILES string of the molecule is CNC(C)CC1CCN(Cc2ccccc2)CC1. The fraction of sp³-hybridized carbons (Fsp3) is 0.625. The smallest absolute Gasteiger partial charge is 0.0233 e. The van der Waals surface area contributed by atoms with Crippen LogP contribution in [0, 0.1) is 5.92 Å². The third-order valence-corrected chi connectivity index (χ3v) is 4.14. The van der Waals surface area contributed by atoms with Crippen molar-refractivity contribution in [3.8, 4) is 0 Å². The summed E-state index contributed by atoms with van der Waals surface area (Å²) < 4.78 is 0. The molecule has 1 heterocycles. The first-order chi connectivity index (χ1) is 8.78. The van der Waals surface area contributed by atoms with Crippen LogP contribution in [0.2, 0.25) is 0 Å². The molecule has 1 aliphatic rings. The number of hydrogen-bond acceptors (Lipinski definition) is 2. The van der Waals surface area contributed by atoms with Crippen molar-refractivity contribution in [1.29, 1.82) is 0 Å². The standard InChI is InChI=1S/C16H26N2/c1-14(17-2)12-15-8-10-18(11-9-15)13-16-6-4-3-5-7-16/h3-7,14-15,17H,8-13H2,1-2H3. The summed E-state index contributed by atoms with van der Waals surface area (Å²) in [6.07, 6.45) is 4.05. The fourth-order valence-corrected chi connectivity index (χ4v) is 2.84. The molecule has 1 unspecified atom stereocenters. The molecular weight excluding hydrogens is 220 g/mol. The highest BCUT2D eigenvalue weighted by molar-refractivity contribution is 5.14. The van der Waals surface area contributed by atoms with E-state index in [0.29, 0.717) is 6.04 Å². The second-order valence-electron chi connectivity index (χ2n) is 5.63. The first-order valence-corrected chi connectivity index (χ1v) is 7.21. The number of benzene rings is 1. The van der Waals surface area contributed by atoms with E-state index in [1.54, 1.807) is 0 Å². The quantitative estimate of drug-likeness (QED) is 0.859. The van der Waals surface area contributed by atoms with Crippen LogP contribution < -0.4 is 5.32 Å². The molecule has 1 fully saturated rings. The summed E-state index contributed by atoms with van der Waals surface area (Å²) in [5.41, 5.74) is 1.44. The predicted octanol–water partition coefficient (Wildman–Crippen LogP) is 2.90. The van der Waals surface area contributed by atoms with Gasteiger partial charge < -0.3 is 5.32 Å². The van der Waals surface area contributed by atoms with E-state index >= 15 is 0 Å². The Kier molecular flexibility index (Phi) is 5.21. The molecular formula is C16H26N2. The second-order valence-corrected chi connectivity index (χ2v) is 5.63. The number of nitrogens with zero attached hydrogens (tertiary/aromatic N) is 1. The van der Waals surface area contributed by atoms with Crippen LogP contribution in [0.5, 0.6) is 0 Å². The van der Waals surface area contributed by atoms with Crippen molar-refractivity contribution < 1.29 is 0 Å². The van der Waals surface area contributed by atoms with Gasteiger partial charge in [0.15, 0.2) is 0 Å². The summed E-state index contributed by atoms with van der Waals surface area (Å²) in [5, 5.41) is 3.35. The molecule has 1 aromatic carbocycles. The van der Waals surface area contributed by atoms with Gasteiger partial charge in [-0.2, -0.15) is 0 Å². The zero-order valence-electron chi connectivity index (χ0n) is 11.7. The van der Waals surface area contributed by atoms with Gasteiger partial charge in [-0.25, -0.2) is 0 Å². The van der Waals surface area contributed by atoms with E-state index in [1.807, 2.05) is 0 Å². The highest BCUT2D eigenvalue weighted by atomic mass is 15.1. The summed E-state index contributed by atoms with van der Waals surface area (Å²) in [7, 11) is 2.06. The lowest BCUT2D eigenvalue weighted by molar-refractivity contribution is 0.166. The predicted molar refractivity (Wildman–Crippen MR) is 77.6 cm³/mol. The monoisotopic (exact) mass is 246 g/mol. The normalized spacial score (nSPS) is 19.9. The molecule has 2 rings (SSSR count). The molecule has 1 aromatic rings. The number of nitrogens with one attached hydrogen (secondary N) is 1. The molecule has 0 bridgehead atoms. The number of hydrogen-bond donors (Lipinski definition) is 1. The molecule has 0 saturated carbocycles. The van der Waals surface area contributed by atoms with Crippen LogP contribution in [-0.2, 0) is 6.54 Å². The van der Waals surface area contributed by atoms with Gasteiger partial charge in [0, 0.05) is 12.6 Å². The molecule has 0 aliphatic carbocycles. The fourth-order valence-electron chi connectivity index (χ4n) is 2.84. The molecule has 18 heavy (non-hydrogen) atoms. The van der Waals surface area contributed by atoms with Crippen LogP contribution in [0.1, 0.15) is 31.7 Å². The van der Waals surface area contributed by atoms with Crippen molar-refractivity contribution in [2.45, 2.75) is 38.8 Å². The zero-order chi connectivity index (χ0) is 12.8. The molecule has 1 N–H and O–H groups in total. The van der Waals surface area contributed by atoms with Crippen molar-refractivity contribution in [2.24, 2.45) is 5.92 Å². The summed E-state index contributed by atoms with van der Waals surface area (Å²) in [4.78, 5) is 2.59. The molecule has 0 radical (unpaired) electrons. The summed E-state index contributed by atoms with van der Waals surface area (Å²) in [5.74, 6) is 0.916. The molecule has 1 aliphatic heterocycles. The minimum absolute atomic E-state index is 0.663. The van der Waals surface area contributed by atoms with Gasteiger partial charge in [-0.1, -0.05) is 30.3 Å². The minimum Gasteiger partial charge on any atom is -0.317 e. The van der Waals surface area contributed by atoms with E-state index in [4.69, 9.17) is 0 Å². The van der Waals surface area contributed by atoms with Gasteiger partial charge in [0.2, 0.25) is 0 Å². The van der Waals surface area contributed by atoms with Crippen molar-refractivity contribution in [3.63, 3.8) is 0 Å². The largest absolute Gasteiger partial charge is 0.317 e. The van der Waals surface area contributed by atoms with Gasteiger partial charge in [-0.15, -0.1) is 0 Å². The zero-order valence-corrected chi connectivity index (χ0v) is 11.7. The number of piperidine rings is 1. The van der Waals surface area contributed by atoms with Crippen molar-refractivity contribution in [2.75, 3.05) is 20.1 Å². The van der Waals surface area contributed by atoms with E-state index in [9.17, 15) is 0 Å². The van der Waals surface area contributed by atoms with Crippen LogP contribution in [0.4, 0.5) is 0 Å². The van der Waals surface area contributed by atoms with Crippen LogP contribution in [0.25, 0.3) is 0 Å². The van der Waals surface area contributed by atoms with E-state index in [-0.39, 0.29) is 0 Å². The summed E-state index contributed by atoms with van der Waals surface area (Å²) in [6, 6.07) is 11.5. The molecule has 0 aromatic heterocycles. The van der Waals surface area contributed by atoms with Gasteiger partial charge >= 0.3 is 0 Å². The van der Waals surface area contributed by atoms with Crippen LogP contribution in [-0.4, -0.2) is 31.1 Å². The van der Waals surface area contributed by atoms with Crippen molar-refractivity contribution in [1.82, 2.24) is 10.2 Å². The number of rotatable bonds is 5. The maximum absolute atomic E-state index is 3.35. The molecule has 0 spiro atoms. The van der Waals surface area contributed by atoms with E-state index in [2.05, 4.69) is 54.5 Å². The van der Waals surface area contributed by atoms with E-state index in [1.165, 1.54) is 37.9 Å². The Morgan fingerprint density at radius 3 is 2.50 bits per heavy atom. The lowest BCUT2D eigenvalue weighted by Crippen LogP contribution is -2.35. The molecule has 2 nitrogen and oxygen atoms in total. The Morgan fingerprint density at radius 1 is 1.22 bits per heavy atom. The van der Waals surface area contributed by atoms with Crippen LogP contribution in [0.15, 0.2) is 30.3 Å². The van der Waals surface area contributed by atoms with Gasteiger partial charge in [0.05, 0.1) is 0 Å². The van der Waals surface area contributed by atoms with Crippen molar-refractivity contribution >= 4 is 0 Å². The maximum atomic E-state index is 3.35. The Labute approximate surface area is 111 Å². The molecule has 100 valence electrons. The topological polar surface area (TPSA) is 15.3 Å². The second kappa shape index (κ2) is 6.91. The minimum atomic E-state index is 0.663. The third-order valence-electron chi connectivity index (χ3n) is 4.14. The average Bonchev–Trinajstić information content (AvgIpc) is 2.42. The maximum Gasteiger partial charge on any atom is 0.0233 e. The summed E-state index contributed by atoms with van der Waals surface area (Å²) in [6.45, 7) is 5.93. The Balaban J connectivity index is 1.73. The third kappa shape index (κ3) is 4.11. The Bertz CT molecular complexity index is 328. The van der Waals surface area contributed by atoms with E-state index in [0.717, 1.165) is 12.5 Å². The van der Waals surface area contributed by atoms with Crippen LogP contribution >= 0.6 is 0 Å². The van der Waals surface area contributed by atoms with E-state index < -0.39 is 0 Å².